The Kier molecular flexibility index (Phi) is 7.63. The Morgan fingerprint density at radius 1 is 0.909 bits per heavy atom. The van der Waals surface area contributed by atoms with E-state index in [9.17, 15) is 4.79 Å². The lowest BCUT2D eigenvalue weighted by Crippen LogP contribution is -2.54. The maximum atomic E-state index is 11.5. The van der Waals surface area contributed by atoms with Crippen molar-refractivity contribution >= 4 is 5.97 Å². The minimum absolute atomic E-state index is 0.0875. The molecule has 0 saturated heterocycles. The van der Waals surface area contributed by atoms with Gasteiger partial charge in [-0.05, 0) is 122 Å². The number of carbonyl (C=O) groups is 1. The first kappa shape index (κ1) is 25.6. The third-order valence-corrected chi connectivity index (χ3v) is 12.2. The van der Waals surface area contributed by atoms with Gasteiger partial charge in [-0.3, -0.25) is 4.79 Å². The smallest absolute Gasteiger partial charge is 0.302 e. The van der Waals surface area contributed by atoms with Crippen LogP contribution in [0.2, 0.25) is 0 Å². The minimum atomic E-state index is -0.0875. The number of hydrogen-bond donors (Lipinski definition) is 0. The molecule has 0 aromatic heterocycles. The van der Waals surface area contributed by atoms with Crippen molar-refractivity contribution in [1.29, 1.82) is 0 Å². The van der Waals surface area contributed by atoms with E-state index in [1.165, 1.54) is 64.2 Å². The highest BCUT2D eigenvalue weighted by molar-refractivity contribution is 5.66. The van der Waals surface area contributed by atoms with Crippen molar-refractivity contribution in [3.63, 3.8) is 0 Å². The van der Waals surface area contributed by atoms with Gasteiger partial charge in [0.15, 0.2) is 0 Å². The van der Waals surface area contributed by atoms with Crippen molar-refractivity contribution in [2.24, 2.45) is 58.2 Å². The van der Waals surface area contributed by atoms with Gasteiger partial charge in [0, 0.05) is 6.92 Å². The Labute approximate surface area is 205 Å². The maximum absolute atomic E-state index is 11.5. The molecular formula is C31H54O2. The molecule has 4 aliphatic rings. The molecule has 4 saturated carbocycles. The van der Waals surface area contributed by atoms with E-state index >= 15 is 0 Å². The molecule has 33 heavy (non-hydrogen) atoms. The molecule has 0 heterocycles. The molecule has 0 aromatic rings. The van der Waals surface area contributed by atoms with Gasteiger partial charge in [0.2, 0.25) is 0 Å². The Morgan fingerprint density at radius 3 is 2.27 bits per heavy atom. The number of ether oxygens (including phenoxy) is 1. The van der Waals surface area contributed by atoms with Gasteiger partial charge in [0.25, 0.3) is 0 Å². The molecule has 2 nitrogen and oxygen atoms in total. The Bertz CT molecular complexity index is 684. The highest BCUT2D eigenvalue weighted by Gasteiger charge is 2.60. The summed E-state index contributed by atoms with van der Waals surface area (Å²) in [5.74, 6) is 7.06. The van der Waals surface area contributed by atoms with Gasteiger partial charge in [-0.1, -0.05) is 54.4 Å². The second kappa shape index (κ2) is 9.85. The Balaban J connectivity index is 1.42. The summed E-state index contributed by atoms with van der Waals surface area (Å²) < 4.78 is 5.67. The van der Waals surface area contributed by atoms with Crippen LogP contribution < -0.4 is 0 Å². The van der Waals surface area contributed by atoms with Crippen LogP contribution >= 0.6 is 0 Å². The van der Waals surface area contributed by atoms with Gasteiger partial charge in [0.05, 0.1) is 0 Å². The van der Waals surface area contributed by atoms with Crippen LogP contribution in [-0.4, -0.2) is 12.1 Å². The molecule has 0 aromatic carbocycles. The SMILES string of the molecule is CC[C@@H](CC[C@@H](C)[C@H]1CC[C@H]2[C@@H]3CC[C@H]4C[C@@H](OC(C)=O)CC[C@]4(C)[C@H]3CC[C@]12C)C(C)C. The average Bonchev–Trinajstić information content (AvgIpc) is 3.11. The standard InChI is InChI=1S/C31H54O2/c1-8-23(20(2)3)10-9-21(4)27-13-14-28-26-12-11-24-19-25(33-22(5)32)15-17-30(24,6)29(26)16-18-31(27,28)7/h20-21,23-29H,8-19H2,1-7H3/t21-,23+,24+,25+,26+,27-,28+,29+,30+,31-/m1/s1. The summed E-state index contributed by atoms with van der Waals surface area (Å²) >= 11 is 0. The molecular weight excluding hydrogens is 404 g/mol. The second-order valence-electron chi connectivity index (χ2n) is 13.9. The number of fused-ring (bicyclic) bond motifs is 5. The summed E-state index contributed by atoms with van der Waals surface area (Å²) in [6.45, 7) is 16.8. The monoisotopic (exact) mass is 458 g/mol. The summed E-state index contributed by atoms with van der Waals surface area (Å²) in [5, 5.41) is 0. The van der Waals surface area contributed by atoms with Gasteiger partial charge in [0.1, 0.15) is 6.10 Å². The first-order valence-corrected chi connectivity index (χ1v) is 14.8. The van der Waals surface area contributed by atoms with E-state index < -0.39 is 0 Å². The van der Waals surface area contributed by atoms with Crippen molar-refractivity contribution in [2.45, 2.75) is 132 Å². The summed E-state index contributed by atoms with van der Waals surface area (Å²) in [7, 11) is 0. The third kappa shape index (κ3) is 4.67. The van der Waals surface area contributed by atoms with Crippen molar-refractivity contribution in [1.82, 2.24) is 0 Å². The number of rotatable bonds is 7. The molecule has 0 N–H and O–H groups in total. The number of hydrogen-bond acceptors (Lipinski definition) is 2. The van der Waals surface area contributed by atoms with Crippen LogP contribution in [0.3, 0.4) is 0 Å². The topological polar surface area (TPSA) is 26.3 Å². The van der Waals surface area contributed by atoms with E-state index in [1.807, 2.05) is 0 Å². The molecule has 0 spiro atoms. The van der Waals surface area contributed by atoms with E-state index in [0.717, 1.165) is 60.2 Å². The zero-order valence-electron chi connectivity index (χ0n) is 23.0. The molecule has 10 atom stereocenters. The largest absolute Gasteiger partial charge is 0.463 e. The summed E-state index contributed by atoms with van der Waals surface area (Å²) in [5.41, 5.74) is 1.06. The van der Waals surface area contributed by atoms with Crippen LogP contribution in [0, 0.1) is 58.2 Å². The van der Waals surface area contributed by atoms with Crippen LogP contribution in [-0.2, 0) is 9.53 Å². The van der Waals surface area contributed by atoms with Crippen molar-refractivity contribution in [3.8, 4) is 0 Å². The molecule has 4 fully saturated rings. The van der Waals surface area contributed by atoms with Crippen LogP contribution in [0.4, 0.5) is 0 Å². The van der Waals surface area contributed by atoms with E-state index in [1.54, 1.807) is 6.92 Å². The normalized spacial score (nSPS) is 44.5. The van der Waals surface area contributed by atoms with E-state index in [4.69, 9.17) is 4.74 Å². The first-order valence-electron chi connectivity index (χ1n) is 14.8. The quantitative estimate of drug-likeness (QED) is 0.357. The third-order valence-electron chi connectivity index (χ3n) is 12.2. The molecule has 0 radical (unpaired) electrons. The summed E-state index contributed by atoms with van der Waals surface area (Å²) in [4.78, 5) is 11.5. The second-order valence-corrected chi connectivity index (χ2v) is 13.9. The zero-order valence-corrected chi connectivity index (χ0v) is 23.0. The molecule has 4 rings (SSSR count). The number of esters is 1. The molecule has 0 aliphatic heterocycles. The average molecular weight is 459 g/mol. The van der Waals surface area contributed by atoms with Gasteiger partial charge < -0.3 is 4.74 Å². The summed E-state index contributed by atoms with van der Waals surface area (Å²) in [6, 6.07) is 0. The van der Waals surface area contributed by atoms with Gasteiger partial charge >= 0.3 is 5.97 Å². The summed E-state index contributed by atoms with van der Waals surface area (Å²) in [6.07, 6.45) is 16.6. The lowest BCUT2D eigenvalue weighted by Gasteiger charge is -2.61. The van der Waals surface area contributed by atoms with Gasteiger partial charge in [-0.2, -0.15) is 0 Å². The van der Waals surface area contributed by atoms with Crippen LogP contribution in [0.1, 0.15) is 126 Å². The van der Waals surface area contributed by atoms with Crippen molar-refractivity contribution in [3.05, 3.63) is 0 Å². The van der Waals surface area contributed by atoms with Crippen LogP contribution in [0.15, 0.2) is 0 Å². The lowest BCUT2D eigenvalue weighted by molar-refractivity contribution is -0.160. The van der Waals surface area contributed by atoms with E-state index in [0.29, 0.717) is 10.8 Å². The van der Waals surface area contributed by atoms with E-state index in [2.05, 4.69) is 41.5 Å². The highest BCUT2D eigenvalue weighted by atomic mass is 16.5. The fraction of sp³-hybridized carbons (Fsp3) is 0.968. The zero-order chi connectivity index (χ0) is 24.0. The lowest BCUT2D eigenvalue weighted by atomic mass is 9.44. The fourth-order valence-electron chi connectivity index (χ4n) is 10.2. The first-order chi connectivity index (χ1) is 15.6. The van der Waals surface area contributed by atoms with E-state index in [-0.39, 0.29) is 12.1 Å². The van der Waals surface area contributed by atoms with Crippen LogP contribution in [0.5, 0.6) is 0 Å². The molecule has 4 aliphatic carbocycles. The van der Waals surface area contributed by atoms with Gasteiger partial charge in [-0.25, -0.2) is 0 Å². The molecule has 190 valence electrons. The van der Waals surface area contributed by atoms with Gasteiger partial charge in [-0.15, -0.1) is 0 Å². The van der Waals surface area contributed by atoms with Crippen molar-refractivity contribution in [2.75, 3.05) is 0 Å². The van der Waals surface area contributed by atoms with Crippen molar-refractivity contribution < 1.29 is 9.53 Å². The fourth-order valence-corrected chi connectivity index (χ4v) is 10.2. The Morgan fingerprint density at radius 2 is 1.61 bits per heavy atom. The molecule has 0 bridgehead atoms. The molecule has 0 amide bonds. The molecule has 2 heteroatoms. The highest BCUT2D eigenvalue weighted by Crippen LogP contribution is 2.68. The number of carbonyl (C=O) groups excluding carboxylic acids is 1. The predicted octanol–water partition coefficient (Wildman–Crippen LogP) is 8.68. The predicted molar refractivity (Wildman–Crippen MR) is 138 cm³/mol. The van der Waals surface area contributed by atoms with Crippen LogP contribution in [0.25, 0.3) is 0 Å². The maximum Gasteiger partial charge on any atom is 0.302 e. The minimum Gasteiger partial charge on any atom is -0.463 e. The Hall–Kier alpha value is -0.530. The molecule has 0 unspecified atom stereocenters.